The van der Waals surface area contributed by atoms with Crippen molar-refractivity contribution in [2.75, 3.05) is 47.6 Å². The number of nitrogens with one attached hydrogen (secondary N) is 1. The first-order chi connectivity index (χ1) is 22.6. The van der Waals surface area contributed by atoms with Gasteiger partial charge in [-0.3, -0.25) is 13.9 Å². The minimum Gasteiger partial charge on any atom is -0.493 e. The summed E-state index contributed by atoms with van der Waals surface area (Å²) in [5.74, 6) is 1.17. The van der Waals surface area contributed by atoms with Crippen LogP contribution in [0.15, 0.2) is 94.5 Å². The van der Waals surface area contributed by atoms with Crippen molar-refractivity contribution >= 4 is 22.8 Å². The van der Waals surface area contributed by atoms with Gasteiger partial charge in [-0.25, -0.2) is 4.79 Å². The zero-order chi connectivity index (χ0) is 34.3. The Morgan fingerprint density at radius 3 is 1.98 bits per heavy atom. The van der Waals surface area contributed by atoms with Crippen LogP contribution in [0.4, 0.5) is 0 Å². The number of imidazole rings is 1. The zero-order valence-electron chi connectivity index (χ0n) is 27.2. The lowest BCUT2D eigenvalue weighted by atomic mass is 10.0. The number of aryl methyl sites for hydroxylation is 1. The molecule has 0 bridgehead atoms. The molecular weight excluding hydrogens is 626 g/mol. The maximum Gasteiger partial charge on any atom is 0.332 e. The molecule has 3 N–H and O–H groups in total. The Morgan fingerprint density at radius 2 is 1.45 bits per heavy atom. The number of aliphatic hydroxyl groups excluding tert-OH is 2. The number of halogens is 1. The monoisotopic (exact) mass is 667 g/mol. The molecule has 1 unspecified atom stereocenters. The molecule has 252 valence electrons. The summed E-state index contributed by atoms with van der Waals surface area (Å²) in [4.78, 5) is 31.5. The number of H-pyrrole nitrogens is 1. The van der Waals surface area contributed by atoms with Crippen molar-refractivity contribution in [1.29, 1.82) is 0 Å². The van der Waals surface area contributed by atoms with Gasteiger partial charge in [0.05, 0.1) is 20.3 Å². The third-order valence-corrected chi connectivity index (χ3v) is 6.98. The lowest BCUT2D eigenvalue weighted by molar-refractivity contribution is 0.0527. The Balaban J connectivity index is 0.000000195. The first kappa shape index (κ1) is 37.0. The van der Waals surface area contributed by atoms with E-state index in [9.17, 15) is 9.59 Å². The number of para-hydroxylation sites is 2. The number of aliphatic hydroxyl groups is 2. The fourth-order valence-corrected chi connectivity index (χ4v) is 4.44. The van der Waals surface area contributed by atoms with Crippen LogP contribution in [0.25, 0.3) is 11.2 Å². The fraction of sp³-hybridized carbons (Fsp3) is 0.324. The predicted molar refractivity (Wildman–Crippen MR) is 182 cm³/mol. The van der Waals surface area contributed by atoms with Gasteiger partial charge in [-0.15, -0.1) is 0 Å². The molecule has 5 aromatic rings. The number of aromatic amines is 1. The second kappa shape index (κ2) is 18.6. The highest BCUT2D eigenvalue weighted by Gasteiger charge is 2.14. The summed E-state index contributed by atoms with van der Waals surface area (Å²) >= 11 is 5.60. The van der Waals surface area contributed by atoms with Crippen molar-refractivity contribution in [2.24, 2.45) is 14.1 Å². The molecule has 0 spiro atoms. The maximum atomic E-state index is 11.5. The minimum absolute atomic E-state index is 0.0161. The molecule has 0 saturated carbocycles. The van der Waals surface area contributed by atoms with Gasteiger partial charge in [-0.2, -0.15) is 4.98 Å². The summed E-state index contributed by atoms with van der Waals surface area (Å²) < 4.78 is 18.6. The molecule has 5 rings (SSSR count). The van der Waals surface area contributed by atoms with E-state index in [2.05, 4.69) is 77.5 Å². The van der Waals surface area contributed by atoms with Crippen LogP contribution in [0.1, 0.15) is 17.2 Å². The van der Waals surface area contributed by atoms with Crippen LogP contribution in [0.2, 0.25) is 5.28 Å². The number of hydrogen-bond donors (Lipinski definition) is 3. The summed E-state index contributed by atoms with van der Waals surface area (Å²) in [5.41, 5.74) is 2.05. The van der Waals surface area contributed by atoms with Gasteiger partial charge < -0.3 is 34.3 Å². The molecule has 0 fully saturated rings. The number of rotatable bonds is 11. The van der Waals surface area contributed by atoms with E-state index in [1.54, 1.807) is 19.2 Å². The number of nitrogens with zero attached hydrogens (tertiary/aromatic N) is 4. The van der Waals surface area contributed by atoms with Crippen molar-refractivity contribution in [2.45, 2.75) is 12.2 Å². The molecule has 0 radical (unpaired) electrons. The number of aromatic nitrogens is 4. The lowest BCUT2D eigenvalue weighted by Crippen LogP contribution is -2.36. The van der Waals surface area contributed by atoms with Crippen molar-refractivity contribution in [3.05, 3.63) is 122 Å². The Labute approximate surface area is 278 Å². The van der Waals surface area contributed by atoms with Crippen LogP contribution in [0.3, 0.4) is 0 Å². The molecule has 0 aliphatic carbocycles. The Hall–Kier alpha value is -4.46. The smallest absolute Gasteiger partial charge is 0.332 e. The number of likely N-dealkylation sites (N-methyl/N-ethyl adjacent to an activating group) is 1. The van der Waals surface area contributed by atoms with Crippen LogP contribution in [-0.2, 0) is 18.8 Å². The quantitative estimate of drug-likeness (QED) is 0.181. The van der Waals surface area contributed by atoms with E-state index in [4.69, 9.17) is 36.0 Å². The van der Waals surface area contributed by atoms with Crippen LogP contribution < -0.4 is 20.7 Å². The second-order valence-corrected chi connectivity index (χ2v) is 11.0. The predicted octanol–water partition coefficient (Wildman–Crippen LogP) is 3.40. The second-order valence-electron chi connectivity index (χ2n) is 10.6. The van der Waals surface area contributed by atoms with Crippen LogP contribution in [-0.4, -0.2) is 87.9 Å². The zero-order valence-corrected chi connectivity index (χ0v) is 27.9. The van der Waals surface area contributed by atoms with E-state index in [0.29, 0.717) is 11.5 Å². The number of ether oxygens (including phenoxy) is 3. The summed E-state index contributed by atoms with van der Waals surface area (Å²) in [5, 5.41) is 17.7. The van der Waals surface area contributed by atoms with E-state index in [-0.39, 0.29) is 35.8 Å². The summed E-state index contributed by atoms with van der Waals surface area (Å²) in [6.07, 6.45) is -0.845. The van der Waals surface area contributed by atoms with Crippen LogP contribution in [0.5, 0.6) is 11.5 Å². The first-order valence-corrected chi connectivity index (χ1v) is 15.2. The maximum absolute atomic E-state index is 11.5. The molecule has 0 aliphatic heterocycles. The Bertz CT molecular complexity index is 1740. The standard InChI is InChI=1S/C17H21NO.C10H14O4.C7H7ClN4O2/c1-18(2)13-14-19-17(15-9-5-3-6-10-15)16-11-7-4-8-12-16;1-13-9-4-2-3-5-10(9)14-7-8(12)6-11;1-11-4-3(9-6(8)10-4)5(13)12(2)7(11)14/h3-12,17H,13-14H2,1-2H3;2-5,8,11-12H,6-7H2,1H3;1-2H3,(H,9,10). The highest BCUT2D eigenvalue weighted by molar-refractivity contribution is 6.28. The molecule has 12 nitrogen and oxygen atoms in total. The van der Waals surface area contributed by atoms with Crippen LogP contribution >= 0.6 is 11.6 Å². The topological polar surface area (TPSA) is 144 Å². The van der Waals surface area contributed by atoms with Crippen molar-refractivity contribution < 1.29 is 24.4 Å². The Morgan fingerprint density at radius 1 is 0.894 bits per heavy atom. The van der Waals surface area contributed by atoms with Crippen molar-refractivity contribution in [3.8, 4) is 11.5 Å². The molecule has 3 aromatic carbocycles. The lowest BCUT2D eigenvalue weighted by Gasteiger charge is -2.20. The van der Waals surface area contributed by atoms with Gasteiger partial charge >= 0.3 is 5.69 Å². The average molecular weight is 668 g/mol. The first-order valence-electron chi connectivity index (χ1n) is 14.8. The average Bonchev–Trinajstić information content (AvgIpc) is 3.50. The Kier molecular flexibility index (Phi) is 14.7. The largest absolute Gasteiger partial charge is 0.493 e. The molecular formula is C34H42ClN5O7. The van der Waals surface area contributed by atoms with Gasteiger partial charge in [0.1, 0.15) is 18.8 Å². The summed E-state index contributed by atoms with van der Waals surface area (Å²) in [6, 6.07) is 27.9. The molecule has 13 heteroatoms. The molecule has 0 saturated heterocycles. The number of fused-ring (bicyclic) bond motifs is 1. The van der Waals surface area contributed by atoms with Gasteiger partial charge in [0, 0.05) is 20.6 Å². The van der Waals surface area contributed by atoms with Gasteiger partial charge in [0.2, 0.25) is 5.28 Å². The van der Waals surface area contributed by atoms with Gasteiger partial charge in [-0.05, 0) is 49.0 Å². The molecule has 2 heterocycles. The number of methoxy groups -OCH3 is 1. The normalized spacial score (nSPS) is 11.4. The molecule has 47 heavy (non-hydrogen) atoms. The summed E-state index contributed by atoms with van der Waals surface area (Å²) in [6.45, 7) is 1.39. The van der Waals surface area contributed by atoms with E-state index in [0.717, 1.165) is 17.7 Å². The van der Waals surface area contributed by atoms with Crippen LogP contribution in [0, 0.1) is 0 Å². The number of hydrogen-bond acceptors (Lipinski definition) is 9. The molecule has 0 aliphatic rings. The van der Waals surface area contributed by atoms with E-state index in [1.165, 1.54) is 29.8 Å². The third kappa shape index (κ3) is 10.8. The van der Waals surface area contributed by atoms with E-state index >= 15 is 0 Å². The van der Waals surface area contributed by atoms with E-state index < -0.39 is 17.4 Å². The summed E-state index contributed by atoms with van der Waals surface area (Å²) in [7, 11) is 8.59. The molecule has 2 aromatic heterocycles. The third-order valence-electron chi connectivity index (χ3n) is 6.80. The van der Waals surface area contributed by atoms with E-state index in [1.807, 2.05) is 24.3 Å². The van der Waals surface area contributed by atoms with Gasteiger partial charge in [0.25, 0.3) is 5.56 Å². The van der Waals surface area contributed by atoms with Gasteiger partial charge in [-0.1, -0.05) is 72.8 Å². The number of benzene rings is 3. The van der Waals surface area contributed by atoms with Gasteiger partial charge in [0.15, 0.2) is 22.7 Å². The highest BCUT2D eigenvalue weighted by atomic mass is 35.5. The highest BCUT2D eigenvalue weighted by Crippen LogP contribution is 2.26. The molecule has 0 amide bonds. The molecule has 1 atom stereocenters. The van der Waals surface area contributed by atoms with Crippen molar-refractivity contribution in [1.82, 2.24) is 24.0 Å². The van der Waals surface area contributed by atoms with Crippen molar-refractivity contribution in [3.63, 3.8) is 0 Å². The SMILES string of the molecule is CN(C)CCOC(c1ccccc1)c1ccccc1.COc1ccccc1OCC(O)CO.Cn1c(=O)c2[nH]c(Cl)nc2n(C)c1=O. The fourth-order valence-electron chi connectivity index (χ4n) is 4.27. The minimum atomic E-state index is -0.861.